The van der Waals surface area contributed by atoms with Crippen LogP contribution < -0.4 is 16.2 Å². The van der Waals surface area contributed by atoms with Gasteiger partial charge in [0.15, 0.2) is 12.4 Å². The number of carbonyl (C=O) groups excluding carboxylic acids is 1. The summed E-state index contributed by atoms with van der Waals surface area (Å²) in [5.41, 5.74) is 11.3. The molecule has 0 unspecified atom stereocenters. The zero-order valence-corrected chi connectivity index (χ0v) is 15.3. The van der Waals surface area contributed by atoms with Crippen molar-refractivity contribution in [3.05, 3.63) is 66.0 Å². The third kappa shape index (κ3) is 4.71. The van der Waals surface area contributed by atoms with Crippen molar-refractivity contribution in [1.82, 2.24) is 15.0 Å². The monoisotopic (exact) mass is 400 g/mol. The van der Waals surface area contributed by atoms with E-state index in [4.69, 9.17) is 16.2 Å². The number of nitrogen functional groups attached to an aromatic ring is 2. The van der Waals surface area contributed by atoms with Gasteiger partial charge in [-0.15, -0.1) is 0 Å². The number of sulfonamides is 1. The minimum atomic E-state index is -3.78. The highest BCUT2D eigenvalue weighted by atomic mass is 32.2. The molecule has 0 saturated carbocycles. The van der Waals surface area contributed by atoms with Gasteiger partial charge in [0.2, 0.25) is 11.9 Å². The van der Waals surface area contributed by atoms with Gasteiger partial charge in [-0.05, 0) is 30.3 Å². The third-order valence-electron chi connectivity index (χ3n) is 3.45. The number of nitrogens with two attached hydrogens (primary N) is 2. The van der Waals surface area contributed by atoms with Crippen molar-refractivity contribution < 1.29 is 17.9 Å². The van der Waals surface area contributed by atoms with Crippen LogP contribution in [0.1, 0.15) is 16.2 Å². The third-order valence-corrected chi connectivity index (χ3v) is 4.85. The lowest BCUT2D eigenvalue weighted by atomic mass is 10.2. The number of hydrogen-bond acceptors (Lipinski definition) is 9. The minimum Gasteiger partial charge on any atom is -0.454 e. The van der Waals surface area contributed by atoms with Crippen molar-refractivity contribution in [2.24, 2.45) is 0 Å². The van der Waals surface area contributed by atoms with Gasteiger partial charge < -0.3 is 16.2 Å². The highest BCUT2D eigenvalue weighted by Gasteiger charge is 2.15. The summed E-state index contributed by atoms with van der Waals surface area (Å²) in [6.45, 7) is -0.268. The quantitative estimate of drug-likeness (QED) is 0.516. The maximum Gasteiger partial charge on any atom is 0.338 e. The van der Waals surface area contributed by atoms with Crippen LogP contribution in [0.5, 0.6) is 0 Å². The van der Waals surface area contributed by atoms with Crippen LogP contribution in [0.15, 0.2) is 59.5 Å². The van der Waals surface area contributed by atoms with Crippen LogP contribution in [0.25, 0.3) is 0 Å². The zero-order valence-electron chi connectivity index (χ0n) is 14.4. The van der Waals surface area contributed by atoms with E-state index in [1.807, 2.05) is 0 Å². The lowest BCUT2D eigenvalue weighted by molar-refractivity contribution is 0.0462. The molecule has 144 valence electrons. The molecule has 10 nitrogen and oxygen atoms in total. The maximum absolute atomic E-state index is 12.4. The van der Waals surface area contributed by atoms with Gasteiger partial charge in [0, 0.05) is 5.69 Å². The fraction of sp³-hybridized carbons (Fsp3) is 0.0588. The van der Waals surface area contributed by atoms with Crippen molar-refractivity contribution in [3.8, 4) is 0 Å². The molecule has 5 N–H and O–H groups in total. The summed E-state index contributed by atoms with van der Waals surface area (Å²) in [4.78, 5) is 23.6. The molecule has 1 aromatic heterocycles. The molecule has 1 heterocycles. The first-order valence-corrected chi connectivity index (χ1v) is 9.43. The molecule has 0 fully saturated rings. The fourth-order valence-electron chi connectivity index (χ4n) is 2.26. The molecule has 0 bridgehead atoms. The number of ether oxygens (including phenoxy) is 1. The Hall–Kier alpha value is -3.73. The van der Waals surface area contributed by atoms with Gasteiger partial charge in [-0.2, -0.15) is 15.0 Å². The summed E-state index contributed by atoms with van der Waals surface area (Å²) in [7, 11) is -3.78. The van der Waals surface area contributed by atoms with Gasteiger partial charge in [-0.3, -0.25) is 4.72 Å². The Morgan fingerprint density at radius 3 is 2.32 bits per heavy atom. The normalized spacial score (nSPS) is 11.0. The number of nitrogens with zero attached hydrogens (tertiary/aromatic N) is 3. The molecular weight excluding hydrogens is 384 g/mol. The van der Waals surface area contributed by atoms with E-state index in [-0.39, 0.29) is 40.5 Å². The largest absolute Gasteiger partial charge is 0.454 e. The Kier molecular flexibility index (Phi) is 5.36. The molecule has 2 aromatic carbocycles. The number of anilines is 3. The lowest BCUT2D eigenvalue weighted by Gasteiger charge is -2.09. The molecular formula is C17H16N6O4S. The molecule has 0 saturated heterocycles. The standard InChI is InChI=1S/C17H16N6O4S/c18-16-20-14(21-17(19)22-16)10-27-15(24)11-5-4-6-12(9-11)23-28(25,26)13-7-2-1-3-8-13/h1-9,23H,10H2,(H4,18,19,20,21,22). The molecule has 0 aliphatic heterocycles. The number of rotatable bonds is 6. The van der Waals surface area contributed by atoms with Gasteiger partial charge in [0.25, 0.3) is 10.0 Å². The van der Waals surface area contributed by atoms with Crippen LogP contribution in [0.2, 0.25) is 0 Å². The van der Waals surface area contributed by atoms with E-state index >= 15 is 0 Å². The fourth-order valence-corrected chi connectivity index (χ4v) is 3.33. The second kappa shape index (κ2) is 7.88. The summed E-state index contributed by atoms with van der Waals surface area (Å²) in [5, 5.41) is 0. The molecule has 11 heteroatoms. The number of hydrogen-bond donors (Lipinski definition) is 3. The Morgan fingerprint density at radius 2 is 1.64 bits per heavy atom. The van der Waals surface area contributed by atoms with Crippen LogP contribution in [0, 0.1) is 0 Å². The first-order chi connectivity index (χ1) is 13.3. The van der Waals surface area contributed by atoms with Crippen LogP contribution in [-0.2, 0) is 21.4 Å². The van der Waals surface area contributed by atoms with Crippen LogP contribution in [0.3, 0.4) is 0 Å². The molecule has 3 aromatic rings. The van der Waals surface area contributed by atoms with E-state index < -0.39 is 16.0 Å². The number of carbonyl (C=O) groups is 1. The van der Waals surface area contributed by atoms with Crippen molar-refractivity contribution in [2.75, 3.05) is 16.2 Å². The minimum absolute atomic E-state index is 0.0872. The van der Waals surface area contributed by atoms with Crippen molar-refractivity contribution in [2.45, 2.75) is 11.5 Å². The number of nitrogens with one attached hydrogen (secondary N) is 1. The molecule has 0 aliphatic rings. The molecule has 0 amide bonds. The van der Waals surface area contributed by atoms with Gasteiger partial charge in [0.05, 0.1) is 10.5 Å². The molecule has 0 atom stereocenters. The summed E-state index contributed by atoms with van der Waals surface area (Å²) in [6.07, 6.45) is 0. The van der Waals surface area contributed by atoms with Crippen LogP contribution in [-0.4, -0.2) is 29.3 Å². The van der Waals surface area contributed by atoms with E-state index in [0.717, 1.165) is 0 Å². The lowest BCUT2D eigenvalue weighted by Crippen LogP contribution is -2.14. The maximum atomic E-state index is 12.4. The average molecular weight is 400 g/mol. The first-order valence-electron chi connectivity index (χ1n) is 7.94. The topological polar surface area (TPSA) is 163 Å². The van der Waals surface area contributed by atoms with Crippen LogP contribution in [0.4, 0.5) is 17.6 Å². The highest BCUT2D eigenvalue weighted by Crippen LogP contribution is 2.18. The van der Waals surface area contributed by atoms with Crippen molar-refractivity contribution >= 4 is 33.6 Å². The number of benzene rings is 2. The van der Waals surface area contributed by atoms with Crippen molar-refractivity contribution in [1.29, 1.82) is 0 Å². The van der Waals surface area contributed by atoms with E-state index in [1.54, 1.807) is 18.2 Å². The molecule has 0 aliphatic carbocycles. The molecule has 0 radical (unpaired) electrons. The zero-order chi connectivity index (χ0) is 20.1. The summed E-state index contributed by atoms with van der Waals surface area (Å²) in [6, 6.07) is 13.8. The molecule has 3 rings (SSSR count). The Balaban J connectivity index is 1.71. The Bertz CT molecular complexity index is 1090. The Morgan fingerprint density at radius 1 is 0.964 bits per heavy atom. The SMILES string of the molecule is Nc1nc(N)nc(COC(=O)c2cccc(NS(=O)(=O)c3ccccc3)c2)n1. The van der Waals surface area contributed by atoms with Gasteiger partial charge in [-0.25, -0.2) is 13.2 Å². The number of esters is 1. The second-order valence-electron chi connectivity index (χ2n) is 5.54. The summed E-state index contributed by atoms with van der Waals surface area (Å²) < 4.78 is 32.3. The van der Waals surface area contributed by atoms with Crippen molar-refractivity contribution in [3.63, 3.8) is 0 Å². The van der Waals surface area contributed by atoms with Gasteiger partial charge >= 0.3 is 5.97 Å². The summed E-state index contributed by atoms with van der Waals surface area (Å²) in [5.74, 6) is -0.774. The predicted octanol–water partition coefficient (Wildman–Crippen LogP) is 1.19. The predicted molar refractivity (Wildman–Crippen MR) is 101 cm³/mol. The highest BCUT2D eigenvalue weighted by molar-refractivity contribution is 7.92. The van der Waals surface area contributed by atoms with E-state index in [0.29, 0.717) is 0 Å². The first kappa shape index (κ1) is 19.0. The molecule has 0 spiro atoms. The van der Waals surface area contributed by atoms with E-state index in [9.17, 15) is 13.2 Å². The smallest absolute Gasteiger partial charge is 0.338 e. The molecule has 28 heavy (non-hydrogen) atoms. The van der Waals surface area contributed by atoms with Gasteiger partial charge in [0.1, 0.15) is 0 Å². The number of aromatic nitrogens is 3. The average Bonchev–Trinajstić information content (AvgIpc) is 2.66. The van der Waals surface area contributed by atoms with E-state index in [2.05, 4.69) is 19.7 Å². The van der Waals surface area contributed by atoms with E-state index in [1.165, 1.54) is 36.4 Å². The second-order valence-corrected chi connectivity index (χ2v) is 7.23. The summed E-state index contributed by atoms with van der Waals surface area (Å²) >= 11 is 0. The van der Waals surface area contributed by atoms with Crippen LogP contribution >= 0.6 is 0 Å². The van der Waals surface area contributed by atoms with Gasteiger partial charge in [-0.1, -0.05) is 24.3 Å². The Labute approximate surface area is 160 Å².